The number of methoxy groups -OCH3 is 1. The van der Waals surface area contributed by atoms with Gasteiger partial charge in [0.1, 0.15) is 5.75 Å². The second kappa shape index (κ2) is 9.75. The molecule has 0 aliphatic carbocycles. The summed E-state index contributed by atoms with van der Waals surface area (Å²) in [7, 11) is -2.98. The molecule has 10 nitrogen and oxygen atoms in total. The first-order valence-corrected chi connectivity index (χ1v) is 9.84. The Hall–Kier alpha value is -1.84. The Balaban J connectivity index is 0.000000431. The fourth-order valence-electron chi connectivity index (χ4n) is 2.61. The van der Waals surface area contributed by atoms with Gasteiger partial charge in [0.25, 0.3) is 0 Å². The molecule has 11 heteroatoms. The van der Waals surface area contributed by atoms with Gasteiger partial charge in [-0.2, -0.15) is 4.80 Å². The summed E-state index contributed by atoms with van der Waals surface area (Å²) in [5.41, 5.74) is 0.958. The van der Waals surface area contributed by atoms with E-state index in [9.17, 15) is 0 Å². The minimum absolute atomic E-state index is 0.663. The third-order valence-electron chi connectivity index (χ3n) is 3.87. The highest BCUT2D eigenvalue weighted by molar-refractivity contribution is 7.45. The minimum Gasteiger partial charge on any atom is -0.497 e. The lowest BCUT2D eigenvalue weighted by molar-refractivity contribution is 0.213. The van der Waals surface area contributed by atoms with E-state index >= 15 is 0 Å². The molecule has 1 aliphatic heterocycles. The van der Waals surface area contributed by atoms with Crippen molar-refractivity contribution in [1.29, 1.82) is 0 Å². The predicted octanol–water partition coefficient (Wildman–Crippen LogP) is 0.906. The van der Waals surface area contributed by atoms with Crippen LogP contribution in [0.15, 0.2) is 24.3 Å². The summed E-state index contributed by atoms with van der Waals surface area (Å²) in [5.74, 6) is 1.49. The molecule has 1 aromatic carbocycles. The van der Waals surface area contributed by atoms with Gasteiger partial charge in [-0.3, -0.25) is 0 Å². The van der Waals surface area contributed by atoms with Gasteiger partial charge in [-0.25, -0.2) is 4.57 Å². The van der Waals surface area contributed by atoms with E-state index in [0.717, 1.165) is 24.4 Å². The molecule has 3 rings (SSSR count). The van der Waals surface area contributed by atoms with Crippen LogP contribution in [0.5, 0.6) is 5.75 Å². The predicted molar refractivity (Wildman–Crippen MR) is 94.4 cm³/mol. The first-order valence-electron chi connectivity index (χ1n) is 8.28. The zero-order chi connectivity index (χ0) is 19.0. The Morgan fingerprint density at radius 3 is 2.27 bits per heavy atom. The van der Waals surface area contributed by atoms with Crippen LogP contribution in [-0.2, 0) is 11.1 Å². The maximum Gasteiger partial charge on any atom is 0.466 e. The molecule has 3 N–H and O–H groups in total. The average Bonchev–Trinajstić information content (AvgIpc) is 3.08. The zero-order valence-electron chi connectivity index (χ0n) is 14.6. The Bertz CT molecular complexity index is 703. The van der Waals surface area contributed by atoms with Gasteiger partial charge >= 0.3 is 7.82 Å². The summed E-state index contributed by atoms with van der Waals surface area (Å²) in [6.07, 6.45) is 3.98. The fourth-order valence-corrected chi connectivity index (χ4v) is 2.61. The summed E-state index contributed by atoms with van der Waals surface area (Å²) in [6, 6.07) is 7.71. The highest BCUT2D eigenvalue weighted by atomic mass is 31.2. The van der Waals surface area contributed by atoms with Gasteiger partial charge in [-0.1, -0.05) is 6.42 Å². The second-order valence-corrected chi connectivity index (χ2v) is 6.88. The Morgan fingerprint density at radius 1 is 1.08 bits per heavy atom. The molecular formula is C15H24N5O5P. The van der Waals surface area contributed by atoms with Crippen LogP contribution in [-0.4, -0.2) is 66.5 Å². The first kappa shape index (κ1) is 20.5. The van der Waals surface area contributed by atoms with Gasteiger partial charge in [-0.15, -0.1) is 10.2 Å². The van der Waals surface area contributed by atoms with Crippen LogP contribution in [0, 0.1) is 0 Å². The Labute approximate surface area is 151 Å². The van der Waals surface area contributed by atoms with E-state index in [4.69, 9.17) is 24.0 Å². The number of likely N-dealkylation sites (tertiary alicyclic amines) is 1. The van der Waals surface area contributed by atoms with Crippen LogP contribution >= 0.6 is 7.82 Å². The number of aromatic nitrogens is 4. The van der Waals surface area contributed by atoms with Crippen LogP contribution in [0.1, 0.15) is 19.3 Å². The molecule has 1 fully saturated rings. The third-order valence-corrected chi connectivity index (χ3v) is 3.87. The maximum absolute atomic E-state index is 8.88. The van der Waals surface area contributed by atoms with Crippen molar-refractivity contribution in [2.24, 2.45) is 0 Å². The van der Waals surface area contributed by atoms with Crippen molar-refractivity contribution < 1.29 is 24.0 Å². The van der Waals surface area contributed by atoms with Crippen LogP contribution < -0.4 is 4.74 Å². The monoisotopic (exact) mass is 385 g/mol. The molecule has 0 saturated carbocycles. The minimum atomic E-state index is -4.64. The van der Waals surface area contributed by atoms with E-state index in [1.807, 2.05) is 24.3 Å². The lowest BCUT2D eigenvalue weighted by atomic mass is 10.1. The highest BCUT2D eigenvalue weighted by Gasteiger charge is 2.11. The number of nitrogens with zero attached hydrogens (tertiary/aromatic N) is 5. The van der Waals surface area contributed by atoms with E-state index in [1.54, 1.807) is 11.9 Å². The van der Waals surface area contributed by atoms with Crippen molar-refractivity contribution in [2.45, 2.75) is 25.8 Å². The molecule has 0 unspecified atom stereocenters. The normalized spacial score (nSPS) is 15.2. The number of hydrogen-bond donors (Lipinski definition) is 3. The molecule has 0 atom stereocenters. The molecular weight excluding hydrogens is 361 g/mol. The first-order chi connectivity index (χ1) is 12.3. The van der Waals surface area contributed by atoms with Crippen molar-refractivity contribution in [1.82, 2.24) is 25.1 Å². The molecule has 2 aromatic rings. The van der Waals surface area contributed by atoms with Crippen molar-refractivity contribution in [3.8, 4) is 17.1 Å². The van der Waals surface area contributed by atoms with Crippen molar-refractivity contribution in [3.63, 3.8) is 0 Å². The maximum atomic E-state index is 8.88. The summed E-state index contributed by atoms with van der Waals surface area (Å²) in [6.45, 7) is 4.18. The standard InChI is InChI=1S/C15H21N5O.H3O4P/c1-21-14-7-5-13(6-8-14)15-16-18-20(17-15)12-11-19-9-3-2-4-10-19;1-5(2,3)4/h5-8H,2-4,9-12H2,1H3;(H3,1,2,3,4). The molecule has 1 aliphatic rings. The van der Waals surface area contributed by atoms with Gasteiger partial charge < -0.3 is 24.3 Å². The largest absolute Gasteiger partial charge is 0.497 e. The number of phosphoric acid groups is 1. The van der Waals surface area contributed by atoms with E-state index < -0.39 is 7.82 Å². The van der Waals surface area contributed by atoms with Gasteiger partial charge in [0.2, 0.25) is 5.82 Å². The van der Waals surface area contributed by atoms with E-state index in [2.05, 4.69) is 20.3 Å². The number of rotatable bonds is 5. The number of piperidine rings is 1. The summed E-state index contributed by atoms with van der Waals surface area (Å²) >= 11 is 0. The van der Waals surface area contributed by atoms with E-state index in [0.29, 0.717) is 5.82 Å². The van der Waals surface area contributed by atoms with Gasteiger partial charge in [0.05, 0.1) is 13.7 Å². The zero-order valence-corrected chi connectivity index (χ0v) is 15.5. The molecule has 1 aromatic heterocycles. The number of hydrogen-bond acceptors (Lipinski definition) is 6. The molecule has 0 spiro atoms. The van der Waals surface area contributed by atoms with Crippen molar-refractivity contribution in [2.75, 3.05) is 26.7 Å². The quantitative estimate of drug-likeness (QED) is 0.642. The average molecular weight is 385 g/mol. The number of benzene rings is 1. The summed E-state index contributed by atoms with van der Waals surface area (Å²) in [4.78, 5) is 25.7. The highest BCUT2D eigenvalue weighted by Crippen LogP contribution is 2.25. The Kier molecular flexibility index (Phi) is 7.67. The van der Waals surface area contributed by atoms with Crippen LogP contribution in [0.3, 0.4) is 0 Å². The lowest BCUT2D eigenvalue weighted by Crippen LogP contribution is -2.33. The van der Waals surface area contributed by atoms with E-state index in [1.165, 1.54) is 32.4 Å². The van der Waals surface area contributed by atoms with Crippen LogP contribution in [0.25, 0.3) is 11.4 Å². The molecule has 26 heavy (non-hydrogen) atoms. The van der Waals surface area contributed by atoms with Gasteiger partial charge in [-0.05, 0) is 55.4 Å². The van der Waals surface area contributed by atoms with Crippen LogP contribution in [0.4, 0.5) is 0 Å². The van der Waals surface area contributed by atoms with Crippen molar-refractivity contribution in [3.05, 3.63) is 24.3 Å². The molecule has 0 bridgehead atoms. The van der Waals surface area contributed by atoms with E-state index in [-0.39, 0.29) is 0 Å². The fraction of sp³-hybridized carbons (Fsp3) is 0.533. The van der Waals surface area contributed by atoms with Gasteiger partial charge in [0, 0.05) is 12.1 Å². The topological polar surface area (TPSA) is 134 Å². The number of tetrazole rings is 1. The lowest BCUT2D eigenvalue weighted by Gasteiger charge is -2.25. The van der Waals surface area contributed by atoms with Gasteiger partial charge in [0.15, 0.2) is 0 Å². The van der Waals surface area contributed by atoms with Crippen molar-refractivity contribution >= 4 is 7.82 Å². The second-order valence-electron chi connectivity index (χ2n) is 5.85. The summed E-state index contributed by atoms with van der Waals surface area (Å²) < 4.78 is 14.0. The van der Waals surface area contributed by atoms with Crippen LogP contribution in [0.2, 0.25) is 0 Å². The molecule has 1 saturated heterocycles. The summed E-state index contributed by atoms with van der Waals surface area (Å²) in [5, 5.41) is 12.7. The Morgan fingerprint density at radius 2 is 1.69 bits per heavy atom. The third kappa shape index (κ3) is 7.59. The SMILES string of the molecule is COc1ccc(-c2nnn(CCN3CCCCC3)n2)cc1.O=P(O)(O)O. The molecule has 0 radical (unpaired) electrons. The number of ether oxygens (including phenoxy) is 1. The molecule has 144 valence electrons. The molecule has 2 heterocycles. The smallest absolute Gasteiger partial charge is 0.466 e. The molecule has 0 amide bonds.